The lowest BCUT2D eigenvalue weighted by atomic mass is 10.1. The molecule has 172 valence electrons. The van der Waals surface area contributed by atoms with Crippen molar-refractivity contribution in [2.75, 3.05) is 12.4 Å². The molecule has 8 nitrogen and oxygen atoms in total. The highest BCUT2D eigenvalue weighted by Gasteiger charge is 2.13. The van der Waals surface area contributed by atoms with Crippen LogP contribution < -0.4 is 14.8 Å². The van der Waals surface area contributed by atoms with Gasteiger partial charge in [-0.3, -0.25) is 14.9 Å². The smallest absolute Gasteiger partial charge is 0.269 e. The first kappa shape index (κ1) is 24.0. The van der Waals surface area contributed by atoms with E-state index in [1.165, 1.54) is 25.3 Å². The monoisotopic (exact) mass is 457 g/mol. The lowest BCUT2D eigenvalue weighted by molar-refractivity contribution is -0.384. The molecule has 0 aliphatic carbocycles. The van der Waals surface area contributed by atoms with Gasteiger partial charge in [0.15, 0.2) is 11.5 Å². The van der Waals surface area contributed by atoms with Crippen LogP contribution in [0.25, 0.3) is 6.08 Å². The van der Waals surface area contributed by atoms with Crippen LogP contribution in [0.2, 0.25) is 0 Å². The van der Waals surface area contributed by atoms with Crippen LogP contribution in [0.1, 0.15) is 22.3 Å². The molecule has 0 aromatic heterocycles. The molecule has 8 heteroatoms. The van der Waals surface area contributed by atoms with E-state index in [4.69, 9.17) is 9.47 Å². The molecule has 0 aliphatic rings. The maximum Gasteiger partial charge on any atom is 0.269 e. The minimum Gasteiger partial charge on any atom is -0.493 e. The number of amides is 1. The van der Waals surface area contributed by atoms with E-state index in [2.05, 4.69) is 5.32 Å². The highest BCUT2D eigenvalue weighted by Crippen LogP contribution is 2.30. The Balaban J connectivity index is 1.74. The van der Waals surface area contributed by atoms with Crippen molar-refractivity contribution < 1.29 is 19.2 Å². The fraction of sp³-hybridized carbons (Fsp3) is 0.154. The normalized spacial score (nSPS) is 10.8. The summed E-state index contributed by atoms with van der Waals surface area (Å²) in [6.45, 7) is 4.04. The summed E-state index contributed by atoms with van der Waals surface area (Å²) in [5, 5.41) is 23.1. The number of rotatable bonds is 8. The Morgan fingerprint density at radius 2 is 1.82 bits per heavy atom. The van der Waals surface area contributed by atoms with Gasteiger partial charge in [-0.05, 0) is 66.9 Å². The molecular formula is C26H23N3O5. The third kappa shape index (κ3) is 5.99. The second kappa shape index (κ2) is 10.8. The molecule has 0 heterocycles. The number of ether oxygens (including phenoxy) is 2. The van der Waals surface area contributed by atoms with Gasteiger partial charge in [0.05, 0.1) is 12.0 Å². The fourth-order valence-electron chi connectivity index (χ4n) is 3.23. The van der Waals surface area contributed by atoms with E-state index < -0.39 is 10.8 Å². The molecule has 34 heavy (non-hydrogen) atoms. The second-order valence-electron chi connectivity index (χ2n) is 7.56. The average Bonchev–Trinajstić information content (AvgIpc) is 2.83. The van der Waals surface area contributed by atoms with Crippen LogP contribution in [0.4, 0.5) is 11.4 Å². The van der Waals surface area contributed by atoms with Crippen molar-refractivity contribution in [2.45, 2.75) is 20.5 Å². The van der Waals surface area contributed by atoms with Crippen LogP contribution in [0.15, 0.2) is 66.2 Å². The molecule has 1 N–H and O–H groups in total. The number of carbonyl (C=O) groups is 1. The van der Waals surface area contributed by atoms with Gasteiger partial charge in [0.2, 0.25) is 0 Å². The number of carbonyl (C=O) groups excluding carboxylic acids is 1. The highest BCUT2D eigenvalue weighted by molar-refractivity contribution is 6.10. The topological polar surface area (TPSA) is 114 Å². The number of nitro benzene ring substituents is 1. The highest BCUT2D eigenvalue weighted by atomic mass is 16.6. The molecule has 0 fully saturated rings. The Kier molecular flexibility index (Phi) is 7.62. The molecule has 0 bridgehead atoms. The number of nitriles is 1. The maximum absolute atomic E-state index is 12.6. The quantitative estimate of drug-likeness (QED) is 0.211. The number of benzene rings is 3. The number of nitrogens with zero attached hydrogens (tertiary/aromatic N) is 2. The molecule has 0 saturated carbocycles. The lowest BCUT2D eigenvalue weighted by Gasteiger charge is -2.12. The predicted octanol–water partition coefficient (Wildman–Crippen LogP) is 5.34. The van der Waals surface area contributed by atoms with Crippen molar-refractivity contribution in [1.82, 2.24) is 0 Å². The van der Waals surface area contributed by atoms with Gasteiger partial charge in [0.1, 0.15) is 18.2 Å². The van der Waals surface area contributed by atoms with E-state index in [1.807, 2.05) is 32.0 Å². The molecule has 0 unspecified atom stereocenters. The summed E-state index contributed by atoms with van der Waals surface area (Å²) in [4.78, 5) is 22.9. The zero-order chi connectivity index (χ0) is 24.7. The Hall–Kier alpha value is -4.64. The van der Waals surface area contributed by atoms with Crippen molar-refractivity contribution >= 4 is 23.4 Å². The van der Waals surface area contributed by atoms with E-state index in [0.717, 1.165) is 16.7 Å². The van der Waals surface area contributed by atoms with Gasteiger partial charge in [-0.15, -0.1) is 0 Å². The largest absolute Gasteiger partial charge is 0.493 e. The number of anilines is 1. The summed E-state index contributed by atoms with van der Waals surface area (Å²) in [6, 6.07) is 18.7. The number of aryl methyl sites for hydroxylation is 2. The van der Waals surface area contributed by atoms with Crippen LogP contribution in [-0.2, 0) is 11.4 Å². The zero-order valence-electron chi connectivity index (χ0n) is 19.0. The summed E-state index contributed by atoms with van der Waals surface area (Å²) >= 11 is 0. The molecular weight excluding hydrogens is 434 g/mol. The standard InChI is InChI=1S/C26H23N3O5/c1-17-4-10-23(18(2)12-17)28-26(30)21(15-27)13-20-7-11-24(25(14-20)33-3)34-16-19-5-8-22(9-6-19)29(31)32/h4-14H,16H2,1-3H3,(H,28,30)/b21-13-. The van der Waals surface area contributed by atoms with Gasteiger partial charge in [-0.25, -0.2) is 0 Å². The summed E-state index contributed by atoms with van der Waals surface area (Å²) in [7, 11) is 1.49. The third-order valence-corrected chi connectivity index (χ3v) is 5.04. The molecule has 3 aromatic rings. The first-order chi connectivity index (χ1) is 16.3. The third-order valence-electron chi connectivity index (χ3n) is 5.04. The summed E-state index contributed by atoms with van der Waals surface area (Å²) < 4.78 is 11.2. The Bertz CT molecular complexity index is 1290. The van der Waals surface area contributed by atoms with E-state index >= 15 is 0 Å². The Morgan fingerprint density at radius 1 is 1.09 bits per heavy atom. The van der Waals surface area contributed by atoms with E-state index in [9.17, 15) is 20.2 Å². The van der Waals surface area contributed by atoms with E-state index in [-0.39, 0.29) is 17.9 Å². The van der Waals surface area contributed by atoms with E-state index in [0.29, 0.717) is 22.7 Å². The minimum atomic E-state index is -0.507. The average molecular weight is 457 g/mol. The molecule has 0 radical (unpaired) electrons. The van der Waals surface area contributed by atoms with Gasteiger partial charge in [0.25, 0.3) is 11.6 Å². The van der Waals surface area contributed by atoms with Gasteiger partial charge >= 0.3 is 0 Å². The number of nitro groups is 1. The summed E-state index contributed by atoms with van der Waals surface area (Å²) in [5.41, 5.74) is 3.92. The first-order valence-electron chi connectivity index (χ1n) is 10.3. The Morgan fingerprint density at radius 3 is 2.44 bits per heavy atom. The zero-order valence-corrected chi connectivity index (χ0v) is 19.0. The molecule has 0 spiro atoms. The number of non-ortho nitro benzene ring substituents is 1. The van der Waals surface area contributed by atoms with Crippen molar-refractivity contribution in [1.29, 1.82) is 5.26 Å². The van der Waals surface area contributed by atoms with Gasteiger partial charge in [-0.2, -0.15) is 5.26 Å². The van der Waals surface area contributed by atoms with Crippen LogP contribution in [0.3, 0.4) is 0 Å². The van der Waals surface area contributed by atoms with Crippen molar-refractivity contribution in [2.24, 2.45) is 0 Å². The summed E-state index contributed by atoms with van der Waals surface area (Å²) in [6.07, 6.45) is 1.47. The van der Waals surface area contributed by atoms with Crippen molar-refractivity contribution in [3.63, 3.8) is 0 Å². The second-order valence-corrected chi connectivity index (χ2v) is 7.56. The SMILES string of the molecule is COc1cc(/C=C(/C#N)C(=O)Nc2ccc(C)cc2C)ccc1OCc1ccc([N+](=O)[O-])cc1. The number of nitrogens with one attached hydrogen (secondary N) is 1. The van der Waals surface area contributed by atoms with Crippen LogP contribution in [0, 0.1) is 35.3 Å². The Labute approximate surface area is 197 Å². The summed E-state index contributed by atoms with van der Waals surface area (Å²) in [5.74, 6) is 0.367. The van der Waals surface area contributed by atoms with Gasteiger partial charge in [-0.1, -0.05) is 23.8 Å². The molecule has 1 amide bonds. The van der Waals surface area contributed by atoms with Gasteiger partial charge in [0, 0.05) is 17.8 Å². The van der Waals surface area contributed by atoms with Gasteiger partial charge < -0.3 is 14.8 Å². The van der Waals surface area contributed by atoms with Crippen molar-refractivity contribution in [3.8, 4) is 17.6 Å². The van der Waals surface area contributed by atoms with Crippen molar-refractivity contribution in [3.05, 3.63) is 98.6 Å². The van der Waals surface area contributed by atoms with E-state index in [1.54, 1.807) is 36.4 Å². The van der Waals surface area contributed by atoms with Crippen LogP contribution >= 0.6 is 0 Å². The first-order valence-corrected chi connectivity index (χ1v) is 10.3. The lowest BCUT2D eigenvalue weighted by Crippen LogP contribution is -2.14. The minimum absolute atomic E-state index is 0.00680. The molecule has 0 aliphatic heterocycles. The number of hydrogen-bond acceptors (Lipinski definition) is 6. The molecule has 0 atom stereocenters. The number of hydrogen-bond donors (Lipinski definition) is 1. The van der Waals surface area contributed by atoms with Crippen LogP contribution in [-0.4, -0.2) is 17.9 Å². The molecule has 3 aromatic carbocycles. The molecule has 3 rings (SSSR count). The molecule has 0 saturated heterocycles. The maximum atomic E-state index is 12.6. The predicted molar refractivity (Wildman–Crippen MR) is 129 cm³/mol. The fourth-order valence-corrected chi connectivity index (χ4v) is 3.23. The van der Waals surface area contributed by atoms with Crippen LogP contribution in [0.5, 0.6) is 11.5 Å². The number of methoxy groups -OCH3 is 1.